The van der Waals surface area contributed by atoms with Crippen molar-refractivity contribution in [2.45, 2.75) is 26.1 Å². The van der Waals surface area contributed by atoms with Crippen LogP contribution in [0.2, 0.25) is 0 Å². The number of benzene rings is 2. The highest BCUT2D eigenvalue weighted by Gasteiger charge is 2.19. The van der Waals surface area contributed by atoms with Crippen LogP contribution in [0.1, 0.15) is 18.1 Å². The predicted octanol–water partition coefficient (Wildman–Crippen LogP) is 2.56. The summed E-state index contributed by atoms with van der Waals surface area (Å²) in [5.41, 5.74) is 2.08. The highest BCUT2D eigenvalue weighted by Crippen LogP contribution is 2.32. The van der Waals surface area contributed by atoms with Crippen LogP contribution in [0, 0.1) is 0 Å². The third kappa shape index (κ3) is 4.26. The predicted molar refractivity (Wildman–Crippen MR) is 98.3 cm³/mol. The molecule has 1 amide bonds. The molecule has 3 rings (SSSR count). The number of amides is 1. The van der Waals surface area contributed by atoms with Crippen LogP contribution in [0.4, 0.5) is 0 Å². The molecular formula is C20H24N2O4. The van der Waals surface area contributed by atoms with E-state index in [1.165, 1.54) is 0 Å². The van der Waals surface area contributed by atoms with Crippen molar-refractivity contribution < 1.29 is 19.0 Å². The van der Waals surface area contributed by atoms with Gasteiger partial charge in [-0.3, -0.25) is 9.69 Å². The van der Waals surface area contributed by atoms with Crippen LogP contribution in [0.5, 0.6) is 17.2 Å². The molecule has 0 aromatic heterocycles. The SMILES string of the molecule is COc1cccc(CN(C)[C@@H](C)C(=O)NCc2ccc3c(c2)OCO3)c1. The molecule has 1 heterocycles. The number of nitrogens with zero attached hydrogens (tertiary/aromatic N) is 1. The summed E-state index contributed by atoms with van der Waals surface area (Å²) in [4.78, 5) is 14.5. The van der Waals surface area contributed by atoms with Gasteiger partial charge in [-0.05, 0) is 49.4 Å². The highest BCUT2D eigenvalue weighted by molar-refractivity contribution is 5.81. The molecule has 0 saturated heterocycles. The van der Waals surface area contributed by atoms with E-state index >= 15 is 0 Å². The Kier molecular flexibility index (Phi) is 5.63. The third-order valence-electron chi connectivity index (χ3n) is 4.51. The average molecular weight is 356 g/mol. The number of carbonyl (C=O) groups excluding carboxylic acids is 1. The smallest absolute Gasteiger partial charge is 0.237 e. The second kappa shape index (κ2) is 8.10. The molecule has 1 atom stereocenters. The second-order valence-corrected chi connectivity index (χ2v) is 6.35. The lowest BCUT2D eigenvalue weighted by molar-refractivity contribution is -0.125. The fourth-order valence-electron chi connectivity index (χ4n) is 2.78. The minimum absolute atomic E-state index is 0.0203. The summed E-state index contributed by atoms with van der Waals surface area (Å²) in [5.74, 6) is 2.26. The molecule has 2 aromatic rings. The molecule has 0 saturated carbocycles. The van der Waals surface area contributed by atoms with Crippen LogP contribution in [-0.2, 0) is 17.9 Å². The van der Waals surface area contributed by atoms with Crippen molar-refractivity contribution in [2.75, 3.05) is 21.0 Å². The summed E-state index contributed by atoms with van der Waals surface area (Å²) in [6.07, 6.45) is 0. The van der Waals surface area contributed by atoms with E-state index < -0.39 is 0 Å². The van der Waals surface area contributed by atoms with E-state index in [2.05, 4.69) is 5.32 Å². The molecule has 2 aromatic carbocycles. The molecule has 138 valence electrons. The maximum absolute atomic E-state index is 12.5. The van der Waals surface area contributed by atoms with E-state index in [-0.39, 0.29) is 18.7 Å². The van der Waals surface area contributed by atoms with Gasteiger partial charge in [0.05, 0.1) is 13.2 Å². The Morgan fingerprint density at radius 2 is 2.00 bits per heavy atom. The van der Waals surface area contributed by atoms with Crippen LogP contribution in [0.15, 0.2) is 42.5 Å². The molecule has 1 aliphatic rings. The average Bonchev–Trinajstić information content (AvgIpc) is 3.13. The molecule has 0 unspecified atom stereocenters. The van der Waals surface area contributed by atoms with Crippen molar-refractivity contribution in [3.8, 4) is 17.2 Å². The van der Waals surface area contributed by atoms with Gasteiger partial charge in [0.1, 0.15) is 5.75 Å². The zero-order valence-corrected chi connectivity index (χ0v) is 15.3. The van der Waals surface area contributed by atoms with Crippen LogP contribution >= 0.6 is 0 Å². The van der Waals surface area contributed by atoms with Gasteiger partial charge in [0.2, 0.25) is 12.7 Å². The Morgan fingerprint density at radius 3 is 2.81 bits per heavy atom. The molecule has 0 fully saturated rings. The zero-order valence-electron chi connectivity index (χ0n) is 15.3. The molecule has 0 radical (unpaired) electrons. The van der Waals surface area contributed by atoms with Crippen molar-refractivity contribution in [1.82, 2.24) is 10.2 Å². The van der Waals surface area contributed by atoms with Crippen molar-refractivity contribution in [3.63, 3.8) is 0 Å². The summed E-state index contributed by atoms with van der Waals surface area (Å²) in [6.45, 7) is 3.26. The number of hydrogen-bond donors (Lipinski definition) is 1. The standard InChI is InChI=1S/C20H24N2O4/c1-14(22(2)12-16-5-4-6-17(9-16)24-3)20(23)21-11-15-7-8-18-19(10-15)26-13-25-18/h4-10,14H,11-13H2,1-3H3,(H,21,23)/t14-/m0/s1. The van der Waals surface area contributed by atoms with Gasteiger partial charge in [0.15, 0.2) is 11.5 Å². The first kappa shape index (κ1) is 18.1. The molecule has 6 nitrogen and oxygen atoms in total. The maximum Gasteiger partial charge on any atom is 0.237 e. The number of carbonyl (C=O) groups is 1. The van der Waals surface area contributed by atoms with Gasteiger partial charge in [-0.15, -0.1) is 0 Å². The fourth-order valence-corrected chi connectivity index (χ4v) is 2.78. The number of fused-ring (bicyclic) bond motifs is 1. The first-order valence-electron chi connectivity index (χ1n) is 8.56. The van der Waals surface area contributed by atoms with Gasteiger partial charge in [0, 0.05) is 13.1 Å². The number of nitrogens with one attached hydrogen (secondary N) is 1. The van der Waals surface area contributed by atoms with Gasteiger partial charge in [-0.25, -0.2) is 0 Å². The first-order valence-corrected chi connectivity index (χ1v) is 8.56. The largest absolute Gasteiger partial charge is 0.497 e. The number of ether oxygens (including phenoxy) is 3. The van der Waals surface area contributed by atoms with Crippen molar-refractivity contribution in [1.29, 1.82) is 0 Å². The van der Waals surface area contributed by atoms with Crippen molar-refractivity contribution in [2.24, 2.45) is 0 Å². The monoisotopic (exact) mass is 356 g/mol. The van der Waals surface area contributed by atoms with Crippen LogP contribution in [0.25, 0.3) is 0 Å². The minimum atomic E-state index is -0.254. The molecule has 26 heavy (non-hydrogen) atoms. The third-order valence-corrected chi connectivity index (χ3v) is 4.51. The van der Waals surface area contributed by atoms with E-state index in [4.69, 9.17) is 14.2 Å². The quantitative estimate of drug-likeness (QED) is 0.826. The fraction of sp³-hybridized carbons (Fsp3) is 0.350. The van der Waals surface area contributed by atoms with Gasteiger partial charge >= 0.3 is 0 Å². The lowest BCUT2D eigenvalue weighted by Gasteiger charge is -2.24. The first-order chi connectivity index (χ1) is 12.6. The number of hydrogen-bond acceptors (Lipinski definition) is 5. The van der Waals surface area contributed by atoms with Gasteiger partial charge < -0.3 is 19.5 Å². The van der Waals surface area contributed by atoms with E-state index in [1.807, 2.05) is 61.3 Å². The van der Waals surface area contributed by atoms with Gasteiger partial charge in [-0.2, -0.15) is 0 Å². The van der Waals surface area contributed by atoms with Crippen molar-refractivity contribution in [3.05, 3.63) is 53.6 Å². The Bertz CT molecular complexity index is 778. The lowest BCUT2D eigenvalue weighted by Crippen LogP contribution is -2.42. The Hall–Kier alpha value is -2.73. The van der Waals surface area contributed by atoms with Crippen LogP contribution in [-0.4, -0.2) is 37.8 Å². The topological polar surface area (TPSA) is 60.0 Å². The lowest BCUT2D eigenvalue weighted by atomic mass is 10.1. The molecule has 0 aliphatic carbocycles. The van der Waals surface area contributed by atoms with Crippen molar-refractivity contribution >= 4 is 5.91 Å². The molecule has 0 spiro atoms. The maximum atomic E-state index is 12.5. The number of rotatable bonds is 7. The van der Waals surface area contributed by atoms with E-state index in [9.17, 15) is 4.79 Å². The summed E-state index contributed by atoms with van der Waals surface area (Å²) >= 11 is 0. The van der Waals surface area contributed by atoms with E-state index in [0.717, 1.165) is 28.4 Å². The van der Waals surface area contributed by atoms with E-state index in [0.29, 0.717) is 13.1 Å². The molecule has 0 bridgehead atoms. The van der Waals surface area contributed by atoms with Gasteiger partial charge in [0.25, 0.3) is 0 Å². The molecule has 6 heteroatoms. The second-order valence-electron chi connectivity index (χ2n) is 6.35. The van der Waals surface area contributed by atoms with Gasteiger partial charge in [-0.1, -0.05) is 18.2 Å². The zero-order chi connectivity index (χ0) is 18.5. The highest BCUT2D eigenvalue weighted by atomic mass is 16.7. The van der Waals surface area contributed by atoms with E-state index in [1.54, 1.807) is 7.11 Å². The Morgan fingerprint density at radius 1 is 1.19 bits per heavy atom. The summed E-state index contributed by atoms with van der Waals surface area (Å²) in [7, 11) is 3.58. The summed E-state index contributed by atoms with van der Waals surface area (Å²) in [5, 5.41) is 2.98. The minimum Gasteiger partial charge on any atom is -0.497 e. The Labute approximate surface area is 153 Å². The summed E-state index contributed by atoms with van der Waals surface area (Å²) < 4.78 is 15.9. The number of likely N-dealkylation sites (N-methyl/N-ethyl adjacent to an activating group) is 1. The van der Waals surface area contributed by atoms with Crippen LogP contribution in [0.3, 0.4) is 0 Å². The number of methoxy groups -OCH3 is 1. The molecule has 1 aliphatic heterocycles. The summed E-state index contributed by atoms with van der Waals surface area (Å²) in [6, 6.07) is 13.3. The molecular weight excluding hydrogens is 332 g/mol. The molecule has 1 N–H and O–H groups in total. The Balaban J connectivity index is 1.53. The van der Waals surface area contributed by atoms with Crippen LogP contribution < -0.4 is 19.5 Å². The normalized spacial score (nSPS) is 13.5.